The summed E-state index contributed by atoms with van der Waals surface area (Å²) >= 11 is 0. The highest BCUT2D eigenvalue weighted by Gasteiger charge is 2.25. The van der Waals surface area contributed by atoms with Crippen molar-refractivity contribution in [2.75, 3.05) is 13.1 Å². The monoisotopic (exact) mass is 254 g/mol. The molecule has 1 fully saturated rings. The van der Waals surface area contributed by atoms with Gasteiger partial charge in [0.05, 0.1) is 0 Å². The van der Waals surface area contributed by atoms with Crippen LogP contribution in [0.2, 0.25) is 0 Å². The van der Waals surface area contributed by atoms with E-state index in [1.54, 1.807) is 12.1 Å². The first kappa shape index (κ1) is 13.4. The van der Waals surface area contributed by atoms with Crippen molar-refractivity contribution in [3.8, 4) is 0 Å². The lowest BCUT2D eigenvalue weighted by Gasteiger charge is -2.37. The maximum absolute atomic E-state index is 13.6. The highest BCUT2D eigenvalue weighted by Crippen LogP contribution is 2.24. The van der Waals surface area contributed by atoms with Crippen LogP contribution >= 0.6 is 0 Å². The molecule has 0 amide bonds. The first-order chi connectivity index (χ1) is 8.61. The van der Waals surface area contributed by atoms with Gasteiger partial charge in [0.25, 0.3) is 0 Å². The number of halogens is 2. The molecule has 0 radical (unpaired) electrons. The number of hydrogen-bond donors (Lipinski definition) is 1. The summed E-state index contributed by atoms with van der Waals surface area (Å²) in [6.07, 6.45) is 2.19. The molecular formula is C14H20F2N2. The zero-order chi connectivity index (χ0) is 13.1. The fourth-order valence-electron chi connectivity index (χ4n) is 2.56. The minimum absolute atomic E-state index is 0.399. The fourth-order valence-corrected chi connectivity index (χ4v) is 2.56. The molecular weight excluding hydrogens is 234 g/mol. The van der Waals surface area contributed by atoms with E-state index < -0.39 is 11.6 Å². The van der Waals surface area contributed by atoms with Crippen LogP contribution in [0.4, 0.5) is 8.78 Å². The topological polar surface area (TPSA) is 29.3 Å². The van der Waals surface area contributed by atoms with Crippen molar-refractivity contribution in [3.63, 3.8) is 0 Å². The van der Waals surface area contributed by atoms with Crippen LogP contribution < -0.4 is 5.73 Å². The lowest BCUT2D eigenvalue weighted by molar-refractivity contribution is 0.112. The highest BCUT2D eigenvalue weighted by molar-refractivity contribution is 5.19. The Hall–Kier alpha value is -1.00. The summed E-state index contributed by atoms with van der Waals surface area (Å²) in [6, 6.07) is 4.76. The second-order valence-corrected chi connectivity index (χ2v) is 5.17. The van der Waals surface area contributed by atoms with Crippen LogP contribution in [0.5, 0.6) is 0 Å². The molecule has 1 aliphatic rings. The number of likely N-dealkylation sites (tertiary alicyclic amines) is 1. The van der Waals surface area contributed by atoms with Gasteiger partial charge in [-0.2, -0.15) is 0 Å². The van der Waals surface area contributed by atoms with Crippen LogP contribution in [0.15, 0.2) is 18.2 Å². The molecule has 0 saturated carbocycles. The largest absolute Gasteiger partial charge is 0.330 e. The Kier molecular flexibility index (Phi) is 4.30. The zero-order valence-electron chi connectivity index (χ0n) is 10.7. The third-order valence-electron chi connectivity index (χ3n) is 3.85. The third kappa shape index (κ3) is 2.87. The minimum Gasteiger partial charge on any atom is -0.330 e. The van der Waals surface area contributed by atoms with Crippen molar-refractivity contribution in [3.05, 3.63) is 35.4 Å². The summed E-state index contributed by atoms with van der Waals surface area (Å²) in [5.74, 6) is -1.02. The molecule has 1 saturated heterocycles. The van der Waals surface area contributed by atoms with Crippen LogP contribution in [0.3, 0.4) is 0 Å². The fraction of sp³-hybridized carbons (Fsp3) is 0.571. The number of benzene rings is 1. The molecule has 4 heteroatoms. The Labute approximate surface area is 107 Å². The maximum atomic E-state index is 13.6. The SMILES string of the molecule is CC1CCC(CN)CN1Cc1cccc(F)c1F. The van der Waals surface area contributed by atoms with Gasteiger partial charge in [-0.15, -0.1) is 0 Å². The van der Waals surface area contributed by atoms with E-state index in [4.69, 9.17) is 5.73 Å². The molecule has 2 unspecified atom stereocenters. The first-order valence-corrected chi connectivity index (χ1v) is 6.48. The molecule has 0 aromatic heterocycles. The lowest BCUT2D eigenvalue weighted by Crippen LogP contribution is -2.43. The molecule has 2 atom stereocenters. The van der Waals surface area contributed by atoms with E-state index in [0.717, 1.165) is 25.5 Å². The number of piperidine rings is 1. The van der Waals surface area contributed by atoms with Gasteiger partial charge in [0, 0.05) is 24.7 Å². The van der Waals surface area contributed by atoms with Crippen LogP contribution in [0.25, 0.3) is 0 Å². The van der Waals surface area contributed by atoms with E-state index >= 15 is 0 Å². The summed E-state index contributed by atoms with van der Waals surface area (Å²) < 4.78 is 26.8. The first-order valence-electron chi connectivity index (χ1n) is 6.48. The van der Waals surface area contributed by atoms with Crippen molar-refractivity contribution in [2.45, 2.75) is 32.4 Å². The molecule has 1 heterocycles. The molecule has 2 rings (SSSR count). The summed E-state index contributed by atoms with van der Waals surface area (Å²) in [4.78, 5) is 2.19. The standard InChI is InChI=1S/C14H20F2N2/c1-10-5-6-11(7-17)8-18(10)9-12-3-2-4-13(15)14(12)16/h2-4,10-11H,5-9,17H2,1H3. The predicted molar refractivity (Wildman–Crippen MR) is 68.0 cm³/mol. The predicted octanol–water partition coefficient (Wildman–Crippen LogP) is 2.52. The van der Waals surface area contributed by atoms with Gasteiger partial charge in [0.1, 0.15) is 0 Å². The van der Waals surface area contributed by atoms with Crippen molar-refractivity contribution in [2.24, 2.45) is 11.7 Å². The highest BCUT2D eigenvalue weighted by atomic mass is 19.2. The lowest BCUT2D eigenvalue weighted by atomic mass is 9.93. The summed E-state index contributed by atoms with van der Waals surface area (Å²) in [7, 11) is 0. The van der Waals surface area contributed by atoms with Gasteiger partial charge in [-0.25, -0.2) is 8.78 Å². The number of rotatable bonds is 3. The van der Waals surface area contributed by atoms with Crippen molar-refractivity contribution in [1.82, 2.24) is 4.90 Å². The van der Waals surface area contributed by atoms with E-state index in [0.29, 0.717) is 30.6 Å². The molecule has 0 aliphatic carbocycles. The van der Waals surface area contributed by atoms with Gasteiger partial charge in [-0.1, -0.05) is 12.1 Å². The van der Waals surface area contributed by atoms with Gasteiger partial charge < -0.3 is 5.73 Å². The molecule has 18 heavy (non-hydrogen) atoms. The maximum Gasteiger partial charge on any atom is 0.163 e. The molecule has 1 aliphatic heterocycles. The van der Waals surface area contributed by atoms with Gasteiger partial charge in [0.15, 0.2) is 11.6 Å². The van der Waals surface area contributed by atoms with Gasteiger partial charge in [0.2, 0.25) is 0 Å². The van der Waals surface area contributed by atoms with Crippen LogP contribution in [-0.4, -0.2) is 24.0 Å². The Morgan fingerprint density at radius 1 is 1.33 bits per heavy atom. The number of hydrogen-bond acceptors (Lipinski definition) is 2. The Morgan fingerprint density at radius 3 is 2.83 bits per heavy atom. The number of nitrogens with zero attached hydrogens (tertiary/aromatic N) is 1. The molecule has 1 aromatic carbocycles. The van der Waals surface area contributed by atoms with Crippen molar-refractivity contribution in [1.29, 1.82) is 0 Å². The molecule has 2 nitrogen and oxygen atoms in total. The quantitative estimate of drug-likeness (QED) is 0.898. The minimum atomic E-state index is -0.771. The normalized spacial score (nSPS) is 25.3. The Balaban J connectivity index is 2.09. The van der Waals surface area contributed by atoms with Gasteiger partial charge in [-0.3, -0.25) is 4.90 Å². The summed E-state index contributed by atoms with van der Waals surface area (Å²) in [5, 5.41) is 0. The van der Waals surface area contributed by atoms with Crippen molar-refractivity contribution >= 4 is 0 Å². The smallest absolute Gasteiger partial charge is 0.163 e. The average Bonchev–Trinajstić information content (AvgIpc) is 2.37. The van der Waals surface area contributed by atoms with E-state index in [2.05, 4.69) is 11.8 Å². The second-order valence-electron chi connectivity index (χ2n) is 5.17. The van der Waals surface area contributed by atoms with E-state index in [1.807, 2.05) is 0 Å². The van der Waals surface area contributed by atoms with E-state index in [9.17, 15) is 8.78 Å². The molecule has 1 aromatic rings. The van der Waals surface area contributed by atoms with E-state index in [1.165, 1.54) is 0 Å². The summed E-state index contributed by atoms with van der Waals surface area (Å²) in [5.41, 5.74) is 6.13. The average molecular weight is 254 g/mol. The number of nitrogens with two attached hydrogens (primary N) is 1. The van der Waals surface area contributed by atoms with Gasteiger partial charge in [-0.05, 0) is 38.3 Å². The van der Waals surface area contributed by atoms with Crippen LogP contribution in [0, 0.1) is 17.6 Å². The molecule has 100 valence electrons. The van der Waals surface area contributed by atoms with Gasteiger partial charge >= 0.3 is 0 Å². The van der Waals surface area contributed by atoms with E-state index in [-0.39, 0.29) is 0 Å². The zero-order valence-corrected chi connectivity index (χ0v) is 10.7. The third-order valence-corrected chi connectivity index (χ3v) is 3.85. The molecule has 0 spiro atoms. The van der Waals surface area contributed by atoms with Crippen molar-refractivity contribution < 1.29 is 8.78 Å². The summed E-state index contributed by atoms with van der Waals surface area (Å²) in [6.45, 7) is 4.12. The Bertz CT molecular complexity index is 409. The molecule has 0 bridgehead atoms. The second kappa shape index (κ2) is 5.76. The van der Waals surface area contributed by atoms with Crippen LogP contribution in [0.1, 0.15) is 25.3 Å². The Morgan fingerprint density at radius 2 is 2.11 bits per heavy atom. The molecule has 2 N–H and O–H groups in total. The van der Waals surface area contributed by atoms with Crippen LogP contribution in [-0.2, 0) is 6.54 Å².